The summed E-state index contributed by atoms with van der Waals surface area (Å²) >= 11 is 0. The first-order valence-electron chi connectivity index (χ1n) is 14.3. The van der Waals surface area contributed by atoms with E-state index in [-0.39, 0.29) is 29.9 Å². The summed E-state index contributed by atoms with van der Waals surface area (Å²) < 4.78 is 17.0. The van der Waals surface area contributed by atoms with Crippen LogP contribution in [-0.4, -0.2) is 58.8 Å². The van der Waals surface area contributed by atoms with Gasteiger partial charge in [0.1, 0.15) is 5.82 Å². The van der Waals surface area contributed by atoms with Gasteiger partial charge in [-0.3, -0.25) is 14.5 Å². The van der Waals surface area contributed by atoms with Crippen molar-refractivity contribution in [1.29, 1.82) is 0 Å². The lowest BCUT2D eigenvalue weighted by molar-refractivity contribution is -0.116. The monoisotopic (exact) mass is 548 g/mol. The topological polar surface area (TPSA) is 77.8 Å². The number of benzene rings is 2. The molecule has 2 fully saturated rings. The van der Waals surface area contributed by atoms with E-state index in [9.17, 15) is 14.7 Å². The number of nitrogens with one attached hydrogen (secondary N) is 1. The number of halogens is 1. The van der Waals surface area contributed by atoms with Crippen molar-refractivity contribution in [3.05, 3.63) is 63.8 Å². The number of pyridine rings is 1. The first-order chi connectivity index (χ1) is 19.0. The van der Waals surface area contributed by atoms with E-state index in [4.69, 9.17) is 0 Å². The Morgan fingerprint density at radius 3 is 2.60 bits per heavy atom. The maximum absolute atomic E-state index is 15.3. The van der Waals surface area contributed by atoms with Gasteiger partial charge >= 0.3 is 0 Å². The second kappa shape index (κ2) is 11.1. The molecule has 1 amide bonds. The summed E-state index contributed by atoms with van der Waals surface area (Å²) in [5.41, 5.74) is 3.09. The molecule has 0 unspecified atom stereocenters. The van der Waals surface area contributed by atoms with E-state index in [2.05, 4.69) is 17.1 Å². The number of amides is 1. The van der Waals surface area contributed by atoms with E-state index in [1.165, 1.54) is 13.0 Å². The zero-order valence-electron chi connectivity index (χ0n) is 24.3. The SMILES string of the molecule is CC(=O)N(c1cc(F)c(C)c(-c2ccc3c(=O)n(CC(C)(C)CO)cc(CN4CCNC[C@H]4C)c3c2)c1)C1CC1. The lowest BCUT2D eigenvalue weighted by atomic mass is 9.93. The lowest BCUT2D eigenvalue weighted by Crippen LogP contribution is -2.49. The highest BCUT2D eigenvalue weighted by Crippen LogP contribution is 2.37. The summed E-state index contributed by atoms with van der Waals surface area (Å²) in [5.74, 6) is -0.440. The molecule has 3 aromatic rings. The Labute approximate surface area is 235 Å². The Kier molecular flexibility index (Phi) is 7.88. The third-order valence-electron chi connectivity index (χ3n) is 8.38. The van der Waals surface area contributed by atoms with Gasteiger partial charge in [-0.05, 0) is 78.6 Å². The van der Waals surface area contributed by atoms with Crippen molar-refractivity contribution < 1.29 is 14.3 Å². The summed E-state index contributed by atoms with van der Waals surface area (Å²) in [6.07, 6.45) is 3.79. The molecule has 1 aromatic heterocycles. The van der Waals surface area contributed by atoms with E-state index < -0.39 is 5.41 Å². The van der Waals surface area contributed by atoms with Crippen LogP contribution in [0.25, 0.3) is 21.9 Å². The summed E-state index contributed by atoms with van der Waals surface area (Å²) in [6, 6.07) is 9.55. The number of hydrogen-bond acceptors (Lipinski definition) is 5. The van der Waals surface area contributed by atoms with Crippen LogP contribution in [0.3, 0.4) is 0 Å². The van der Waals surface area contributed by atoms with Gasteiger partial charge in [0.2, 0.25) is 5.91 Å². The molecule has 1 saturated heterocycles. The van der Waals surface area contributed by atoms with Crippen LogP contribution in [-0.2, 0) is 17.9 Å². The first-order valence-corrected chi connectivity index (χ1v) is 14.3. The van der Waals surface area contributed by atoms with E-state index in [0.29, 0.717) is 35.8 Å². The van der Waals surface area contributed by atoms with Gasteiger partial charge in [0, 0.05) is 81.0 Å². The van der Waals surface area contributed by atoms with Gasteiger partial charge < -0.3 is 19.9 Å². The summed E-state index contributed by atoms with van der Waals surface area (Å²) in [6.45, 7) is 13.1. The maximum Gasteiger partial charge on any atom is 0.258 e. The van der Waals surface area contributed by atoms with Crippen LogP contribution in [0.15, 0.2) is 41.3 Å². The second-order valence-corrected chi connectivity index (χ2v) is 12.4. The van der Waals surface area contributed by atoms with Crippen molar-refractivity contribution in [2.24, 2.45) is 5.41 Å². The molecule has 0 radical (unpaired) electrons. The van der Waals surface area contributed by atoms with E-state index in [0.717, 1.165) is 54.6 Å². The predicted octanol–water partition coefficient (Wildman–Crippen LogP) is 4.44. The Morgan fingerprint density at radius 2 is 1.95 bits per heavy atom. The molecule has 7 nitrogen and oxygen atoms in total. The molecular weight excluding hydrogens is 507 g/mol. The zero-order valence-corrected chi connectivity index (χ0v) is 24.3. The van der Waals surface area contributed by atoms with Gasteiger partial charge in [0.15, 0.2) is 0 Å². The molecule has 0 bridgehead atoms. The van der Waals surface area contributed by atoms with Crippen molar-refractivity contribution in [2.45, 2.75) is 72.6 Å². The van der Waals surface area contributed by atoms with Crippen molar-refractivity contribution in [2.75, 3.05) is 31.1 Å². The number of fused-ring (bicyclic) bond motifs is 1. The van der Waals surface area contributed by atoms with E-state index in [1.807, 2.05) is 44.3 Å². The molecule has 0 spiro atoms. The predicted molar refractivity (Wildman–Crippen MR) is 158 cm³/mol. The Morgan fingerprint density at radius 1 is 1.20 bits per heavy atom. The van der Waals surface area contributed by atoms with Gasteiger partial charge in [0.25, 0.3) is 5.56 Å². The highest BCUT2D eigenvalue weighted by molar-refractivity contribution is 5.95. The normalized spacial score (nSPS) is 18.3. The average molecular weight is 549 g/mol. The van der Waals surface area contributed by atoms with E-state index in [1.54, 1.807) is 16.4 Å². The first kappa shape index (κ1) is 28.5. The van der Waals surface area contributed by atoms with Crippen LogP contribution >= 0.6 is 0 Å². The molecule has 2 heterocycles. The van der Waals surface area contributed by atoms with Gasteiger partial charge in [-0.1, -0.05) is 19.9 Å². The van der Waals surface area contributed by atoms with Gasteiger partial charge in [-0.25, -0.2) is 4.39 Å². The minimum absolute atomic E-state index is 0.0279. The fourth-order valence-corrected chi connectivity index (χ4v) is 5.81. The van der Waals surface area contributed by atoms with Crippen LogP contribution < -0.4 is 15.8 Å². The van der Waals surface area contributed by atoms with Crippen molar-refractivity contribution >= 4 is 22.4 Å². The number of carbonyl (C=O) groups is 1. The fourth-order valence-electron chi connectivity index (χ4n) is 5.81. The molecule has 1 aliphatic heterocycles. The number of hydrogen-bond donors (Lipinski definition) is 2. The van der Waals surface area contributed by atoms with Gasteiger partial charge in [0.05, 0.1) is 0 Å². The lowest BCUT2D eigenvalue weighted by Gasteiger charge is -2.34. The van der Waals surface area contributed by atoms with Crippen LogP contribution in [0.1, 0.15) is 51.7 Å². The standard InChI is InChI=1S/C32H41FN4O3/c1-20-15-34-10-11-35(20)16-24-17-36(18-32(4,5)19-38)31(40)27-9-6-23(12-29(24)27)28-13-26(14-30(33)21(28)2)37(22(3)39)25-7-8-25/h6,9,12-14,17,20,25,34,38H,7-8,10-11,15-16,18-19H2,1-5H3/t20-/m1/s1. The van der Waals surface area contributed by atoms with Gasteiger partial charge in [-0.2, -0.15) is 0 Å². The van der Waals surface area contributed by atoms with Crippen molar-refractivity contribution in [1.82, 2.24) is 14.8 Å². The molecule has 1 aliphatic carbocycles. The Hall–Kier alpha value is -3.07. The quantitative estimate of drug-likeness (QED) is 0.435. The smallest absolute Gasteiger partial charge is 0.258 e. The number of anilines is 1. The Balaban J connectivity index is 1.65. The molecule has 5 rings (SSSR count). The molecule has 1 atom stereocenters. The number of piperazine rings is 1. The number of nitrogens with zero attached hydrogens (tertiary/aromatic N) is 3. The van der Waals surface area contributed by atoms with Crippen LogP contribution in [0, 0.1) is 18.2 Å². The van der Waals surface area contributed by atoms with Crippen molar-refractivity contribution in [3.63, 3.8) is 0 Å². The molecule has 2 N–H and O–H groups in total. The number of aliphatic hydroxyl groups excluding tert-OH is 1. The van der Waals surface area contributed by atoms with Gasteiger partial charge in [-0.15, -0.1) is 0 Å². The zero-order chi connectivity index (χ0) is 28.8. The average Bonchev–Trinajstić information content (AvgIpc) is 3.74. The fraction of sp³-hybridized carbons (Fsp3) is 0.500. The molecule has 1 saturated carbocycles. The number of aromatic nitrogens is 1. The number of rotatable bonds is 8. The molecule has 8 heteroatoms. The van der Waals surface area contributed by atoms with Crippen LogP contribution in [0.5, 0.6) is 0 Å². The maximum atomic E-state index is 15.3. The largest absolute Gasteiger partial charge is 0.396 e. The second-order valence-electron chi connectivity index (χ2n) is 12.4. The molecule has 40 heavy (non-hydrogen) atoms. The van der Waals surface area contributed by atoms with Crippen LogP contribution in [0.2, 0.25) is 0 Å². The Bertz CT molecular complexity index is 1490. The third kappa shape index (κ3) is 5.71. The third-order valence-corrected chi connectivity index (χ3v) is 8.38. The molecular formula is C32H41FN4O3. The number of aliphatic hydroxyl groups is 1. The van der Waals surface area contributed by atoms with E-state index >= 15 is 4.39 Å². The molecule has 2 aromatic carbocycles. The minimum Gasteiger partial charge on any atom is -0.396 e. The minimum atomic E-state index is -0.448. The summed E-state index contributed by atoms with van der Waals surface area (Å²) in [7, 11) is 0. The summed E-state index contributed by atoms with van der Waals surface area (Å²) in [4.78, 5) is 30.2. The highest BCUT2D eigenvalue weighted by Gasteiger charge is 2.33. The van der Waals surface area contributed by atoms with Crippen LogP contribution in [0.4, 0.5) is 10.1 Å². The molecule has 214 valence electrons. The molecule has 2 aliphatic rings. The summed E-state index contributed by atoms with van der Waals surface area (Å²) in [5, 5.41) is 14.8. The number of carbonyl (C=O) groups excluding carboxylic acids is 1. The van der Waals surface area contributed by atoms with Crippen molar-refractivity contribution in [3.8, 4) is 11.1 Å². The highest BCUT2D eigenvalue weighted by atomic mass is 19.1.